The molecule has 0 saturated carbocycles. The minimum atomic E-state index is -0.732. The Morgan fingerprint density at radius 3 is 2.72 bits per heavy atom. The third-order valence-corrected chi connectivity index (χ3v) is 6.27. The van der Waals surface area contributed by atoms with Gasteiger partial charge >= 0.3 is 5.97 Å². The van der Waals surface area contributed by atoms with E-state index in [0.717, 1.165) is 31.4 Å². The Kier molecular flexibility index (Phi) is 2.84. The summed E-state index contributed by atoms with van der Waals surface area (Å²) in [7, 11) is 0. The lowest BCUT2D eigenvalue weighted by Crippen LogP contribution is -2.47. The van der Waals surface area contributed by atoms with Gasteiger partial charge in [-0.25, -0.2) is 0 Å². The average molecular weight is 269 g/mol. The Labute approximate surface area is 111 Å². The highest BCUT2D eigenvalue weighted by Crippen LogP contribution is 2.47. The minimum absolute atomic E-state index is 0.0435. The second kappa shape index (κ2) is 4.15. The number of rotatable bonds is 2. The highest BCUT2D eigenvalue weighted by atomic mass is 32.2. The van der Waals surface area contributed by atoms with Crippen molar-refractivity contribution in [2.24, 2.45) is 5.92 Å². The molecule has 18 heavy (non-hydrogen) atoms. The van der Waals surface area contributed by atoms with Gasteiger partial charge in [0.2, 0.25) is 5.91 Å². The van der Waals surface area contributed by atoms with Gasteiger partial charge < -0.3 is 10.0 Å². The molecule has 3 fully saturated rings. The van der Waals surface area contributed by atoms with Crippen LogP contribution in [0.1, 0.15) is 39.0 Å². The number of nitrogens with zero attached hydrogens (tertiary/aromatic N) is 1. The quantitative estimate of drug-likeness (QED) is 0.829. The molecule has 0 aromatic rings. The molecule has 0 aromatic carbocycles. The number of carboxylic acid groups (broad SMARTS) is 1. The fraction of sp³-hybridized carbons (Fsp3) is 0.846. The van der Waals surface area contributed by atoms with Crippen LogP contribution in [0.3, 0.4) is 0 Å². The Hall–Kier alpha value is -0.710. The maximum absolute atomic E-state index is 12.7. The van der Waals surface area contributed by atoms with Gasteiger partial charge in [-0.1, -0.05) is 0 Å². The number of carboxylic acids is 1. The van der Waals surface area contributed by atoms with Crippen LogP contribution in [-0.4, -0.2) is 44.5 Å². The fourth-order valence-corrected chi connectivity index (χ4v) is 5.05. The zero-order valence-electron chi connectivity index (χ0n) is 10.6. The first-order valence-corrected chi connectivity index (χ1v) is 7.71. The SMILES string of the molecule is CC1(C(=O)N2C3CCC2C(C(=O)O)C3)CCCS1. The van der Waals surface area contributed by atoms with E-state index in [1.165, 1.54) is 0 Å². The Bertz CT molecular complexity index is 392. The molecule has 4 atom stereocenters. The largest absolute Gasteiger partial charge is 0.481 e. The molecule has 0 radical (unpaired) electrons. The van der Waals surface area contributed by atoms with Crippen molar-refractivity contribution in [2.75, 3.05) is 5.75 Å². The van der Waals surface area contributed by atoms with Gasteiger partial charge in [0.1, 0.15) is 0 Å². The third-order valence-electron chi connectivity index (χ3n) is 4.76. The average Bonchev–Trinajstić information content (AvgIpc) is 3.02. The summed E-state index contributed by atoms with van der Waals surface area (Å²) in [5.74, 6) is 0.182. The van der Waals surface area contributed by atoms with Crippen LogP contribution < -0.4 is 0 Å². The lowest BCUT2D eigenvalue weighted by Gasteiger charge is -2.31. The van der Waals surface area contributed by atoms with Gasteiger partial charge in [0.25, 0.3) is 0 Å². The Morgan fingerprint density at radius 2 is 2.17 bits per heavy atom. The van der Waals surface area contributed by atoms with Crippen molar-refractivity contribution in [3.63, 3.8) is 0 Å². The molecule has 3 saturated heterocycles. The minimum Gasteiger partial charge on any atom is -0.481 e. The summed E-state index contributed by atoms with van der Waals surface area (Å²) in [6.45, 7) is 2.03. The molecule has 1 amide bonds. The van der Waals surface area contributed by atoms with Gasteiger partial charge in [0.15, 0.2) is 0 Å². The van der Waals surface area contributed by atoms with Gasteiger partial charge in [-0.05, 0) is 44.8 Å². The van der Waals surface area contributed by atoms with E-state index in [4.69, 9.17) is 0 Å². The smallest absolute Gasteiger partial charge is 0.308 e. The molecule has 3 aliphatic rings. The second-order valence-corrected chi connectivity index (χ2v) is 7.47. The molecular formula is C13H19NO3S. The molecule has 5 heteroatoms. The van der Waals surface area contributed by atoms with E-state index in [0.29, 0.717) is 6.42 Å². The van der Waals surface area contributed by atoms with Crippen molar-refractivity contribution >= 4 is 23.6 Å². The molecule has 2 bridgehead atoms. The van der Waals surface area contributed by atoms with E-state index in [1.807, 2.05) is 11.8 Å². The monoisotopic (exact) mass is 269 g/mol. The maximum atomic E-state index is 12.7. The summed E-state index contributed by atoms with van der Waals surface area (Å²) in [5, 5.41) is 9.22. The van der Waals surface area contributed by atoms with Gasteiger partial charge in [-0.15, -0.1) is 11.8 Å². The number of carbonyl (C=O) groups is 2. The van der Waals surface area contributed by atoms with Gasteiger partial charge in [0, 0.05) is 12.1 Å². The predicted octanol–water partition coefficient (Wildman–Crippen LogP) is 1.74. The first-order chi connectivity index (χ1) is 8.53. The standard InChI is InChI=1S/C13H19NO3S/c1-13(5-2-6-18-13)12(17)14-8-3-4-10(14)9(7-8)11(15)16/h8-10H,2-7H2,1H3,(H,15,16). The highest BCUT2D eigenvalue weighted by molar-refractivity contribution is 8.01. The van der Waals surface area contributed by atoms with Crippen LogP contribution >= 0.6 is 11.8 Å². The number of aliphatic carboxylic acids is 1. The molecule has 4 unspecified atom stereocenters. The molecule has 0 spiro atoms. The zero-order chi connectivity index (χ0) is 12.9. The normalized spacial score (nSPS) is 42.5. The number of fused-ring (bicyclic) bond motifs is 2. The number of carbonyl (C=O) groups excluding carboxylic acids is 1. The summed E-state index contributed by atoms with van der Waals surface area (Å²) in [5.41, 5.74) is 0. The molecule has 3 heterocycles. The topological polar surface area (TPSA) is 57.6 Å². The van der Waals surface area contributed by atoms with Gasteiger partial charge in [0.05, 0.1) is 10.7 Å². The van der Waals surface area contributed by atoms with E-state index in [2.05, 4.69) is 0 Å². The van der Waals surface area contributed by atoms with Crippen molar-refractivity contribution in [3.05, 3.63) is 0 Å². The maximum Gasteiger partial charge on any atom is 0.308 e. The number of hydrogen-bond donors (Lipinski definition) is 1. The second-order valence-electron chi connectivity index (χ2n) is 5.87. The van der Waals surface area contributed by atoms with Crippen molar-refractivity contribution in [1.29, 1.82) is 0 Å². The lowest BCUT2D eigenvalue weighted by atomic mass is 9.89. The van der Waals surface area contributed by atoms with E-state index in [-0.39, 0.29) is 28.7 Å². The van der Waals surface area contributed by atoms with E-state index < -0.39 is 5.97 Å². The molecule has 1 N–H and O–H groups in total. The number of hydrogen-bond acceptors (Lipinski definition) is 3. The summed E-state index contributed by atoms with van der Waals surface area (Å²) in [6.07, 6.45) is 4.55. The highest BCUT2D eigenvalue weighted by Gasteiger charge is 2.54. The summed E-state index contributed by atoms with van der Waals surface area (Å²) >= 11 is 1.74. The van der Waals surface area contributed by atoms with E-state index in [9.17, 15) is 14.7 Å². The molecule has 4 nitrogen and oxygen atoms in total. The van der Waals surface area contributed by atoms with Crippen LogP contribution in [-0.2, 0) is 9.59 Å². The van der Waals surface area contributed by atoms with E-state index >= 15 is 0 Å². The van der Waals surface area contributed by atoms with Gasteiger partial charge in [-0.2, -0.15) is 0 Å². The lowest BCUT2D eigenvalue weighted by molar-refractivity contribution is -0.143. The molecule has 3 rings (SSSR count). The first-order valence-electron chi connectivity index (χ1n) is 6.72. The Balaban J connectivity index is 1.81. The summed E-state index contributed by atoms with van der Waals surface area (Å²) < 4.78 is -0.297. The molecule has 0 aliphatic carbocycles. The van der Waals surface area contributed by atoms with Gasteiger partial charge in [-0.3, -0.25) is 9.59 Å². The molecule has 0 aromatic heterocycles. The fourth-order valence-electron chi connectivity index (χ4n) is 3.79. The van der Waals surface area contributed by atoms with Crippen LogP contribution in [0.25, 0.3) is 0 Å². The van der Waals surface area contributed by atoms with Crippen molar-refractivity contribution < 1.29 is 14.7 Å². The van der Waals surface area contributed by atoms with Crippen molar-refractivity contribution in [1.82, 2.24) is 4.90 Å². The molecule has 3 aliphatic heterocycles. The van der Waals surface area contributed by atoms with E-state index in [1.54, 1.807) is 11.8 Å². The zero-order valence-corrected chi connectivity index (χ0v) is 11.4. The predicted molar refractivity (Wildman–Crippen MR) is 69.5 cm³/mol. The third kappa shape index (κ3) is 1.67. The number of amides is 1. The summed E-state index contributed by atoms with van der Waals surface area (Å²) in [6, 6.07) is 0.139. The molecule has 100 valence electrons. The van der Waals surface area contributed by atoms with Crippen LogP contribution in [0.15, 0.2) is 0 Å². The van der Waals surface area contributed by atoms with Crippen LogP contribution in [0.5, 0.6) is 0 Å². The Morgan fingerprint density at radius 1 is 1.39 bits per heavy atom. The van der Waals surface area contributed by atoms with Crippen LogP contribution in [0.4, 0.5) is 0 Å². The van der Waals surface area contributed by atoms with Crippen molar-refractivity contribution in [3.8, 4) is 0 Å². The first kappa shape index (κ1) is 12.3. The number of thioether (sulfide) groups is 1. The van der Waals surface area contributed by atoms with Crippen molar-refractivity contribution in [2.45, 2.75) is 55.9 Å². The molecular weight excluding hydrogens is 250 g/mol. The van der Waals surface area contributed by atoms with Crippen LogP contribution in [0, 0.1) is 5.92 Å². The van der Waals surface area contributed by atoms with Crippen LogP contribution in [0.2, 0.25) is 0 Å². The summed E-state index contributed by atoms with van der Waals surface area (Å²) in [4.78, 5) is 25.9.